The molecule has 0 bridgehead atoms. The monoisotopic (exact) mass is 124 g/mol. The highest BCUT2D eigenvalue weighted by molar-refractivity contribution is 5.47. The van der Waals surface area contributed by atoms with Gasteiger partial charge in [0.05, 0.1) is 6.54 Å². The topological polar surface area (TPSA) is 20.3 Å². The summed E-state index contributed by atoms with van der Waals surface area (Å²) in [6, 6.07) is 0. The Morgan fingerprint density at radius 3 is 2.78 bits per heavy atom. The zero-order chi connectivity index (χ0) is 7.11. The van der Waals surface area contributed by atoms with Crippen LogP contribution in [-0.4, -0.2) is 24.9 Å². The van der Waals surface area contributed by atoms with Crippen molar-refractivity contribution in [3.63, 3.8) is 0 Å². The first kappa shape index (κ1) is 8.03. The summed E-state index contributed by atoms with van der Waals surface area (Å²) >= 11 is 0. The molecule has 0 aliphatic rings. The molecule has 1 amide bonds. The molecule has 0 unspecified atom stereocenters. The zero-order valence-electron chi connectivity index (χ0n) is 5.55. The summed E-state index contributed by atoms with van der Waals surface area (Å²) in [5, 5.41) is 0. The van der Waals surface area contributed by atoms with Crippen LogP contribution in [0, 0.1) is 18.8 Å². The number of rotatable bonds is 2. The second kappa shape index (κ2) is 5.17. The van der Waals surface area contributed by atoms with Crippen molar-refractivity contribution in [2.75, 3.05) is 13.6 Å². The van der Waals surface area contributed by atoms with Crippen LogP contribution in [0.25, 0.3) is 0 Å². The standard InChI is InChI=1S/C7H10NO/c1-3-4-5-6-8(2)7-9/h7H,1,3,6H2,2H3. The first-order chi connectivity index (χ1) is 4.31. The fourth-order valence-electron chi connectivity index (χ4n) is 0.306. The highest BCUT2D eigenvalue weighted by Gasteiger charge is 1.83. The van der Waals surface area contributed by atoms with E-state index in [-0.39, 0.29) is 0 Å². The Labute approximate surface area is 55.8 Å². The molecule has 0 aromatic carbocycles. The Balaban J connectivity index is 3.36. The van der Waals surface area contributed by atoms with Gasteiger partial charge >= 0.3 is 0 Å². The Kier molecular flexibility index (Phi) is 4.61. The number of hydrogen-bond donors (Lipinski definition) is 0. The van der Waals surface area contributed by atoms with E-state index in [0.717, 1.165) is 6.41 Å². The molecule has 0 fully saturated rings. The number of nitrogens with zero attached hydrogens (tertiary/aromatic N) is 1. The van der Waals surface area contributed by atoms with Crippen molar-refractivity contribution in [1.82, 2.24) is 4.90 Å². The van der Waals surface area contributed by atoms with Gasteiger partial charge in [-0.1, -0.05) is 5.92 Å². The van der Waals surface area contributed by atoms with Crippen LogP contribution in [0.15, 0.2) is 0 Å². The van der Waals surface area contributed by atoms with E-state index in [1.165, 1.54) is 4.90 Å². The highest BCUT2D eigenvalue weighted by Crippen LogP contribution is 1.72. The lowest BCUT2D eigenvalue weighted by molar-refractivity contribution is -0.116. The normalized spacial score (nSPS) is 7.33. The molecule has 0 aromatic rings. The van der Waals surface area contributed by atoms with Gasteiger partial charge in [-0.2, -0.15) is 0 Å². The van der Waals surface area contributed by atoms with Gasteiger partial charge in [0.1, 0.15) is 0 Å². The lowest BCUT2D eigenvalue weighted by atomic mass is 10.4. The molecule has 0 aliphatic heterocycles. The highest BCUT2D eigenvalue weighted by atomic mass is 16.1. The third-order valence-electron chi connectivity index (χ3n) is 0.758. The summed E-state index contributed by atoms with van der Waals surface area (Å²) in [5.41, 5.74) is 0. The molecule has 49 valence electrons. The molecule has 1 radical (unpaired) electrons. The molecule has 0 aromatic heterocycles. The van der Waals surface area contributed by atoms with E-state index in [2.05, 4.69) is 18.8 Å². The Hall–Kier alpha value is -0.970. The third kappa shape index (κ3) is 4.89. The van der Waals surface area contributed by atoms with Crippen molar-refractivity contribution < 1.29 is 4.79 Å². The van der Waals surface area contributed by atoms with Crippen LogP contribution in [0.1, 0.15) is 6.42 Å². The number of carbonyl (C=O) groups excluding carboxylic acids is 1. The Bertz CT molecular complexity index is 132. The molecule has 9 heavy (non-hydrogen) atoms. The minimum atomic E-state index is 0.499. The summed E-state index contributed by atoms with van der Waals surface area (Å²) in [6.45, 7) is 4.03. The van der Waals surface area contributed by atoms with Gasteiger partial charge in [0, 0.05) is 13.5 Å². The van der Waals surface area contributed by atoms with E-state index in [1.807, 2.05) is 0 Å². The molecule has 0 spiro atoms. The van der Waals surface area contributed by atoms with E-state index in [0.29, 0.717) is 13.0 Å². The van der Waals surface area contributed by atoms with Crippen LogP contribution in [0.3, 0.4) is 0 Å². The van der Waals surface area contributed by atoms with Gasteiger partial charge in [0.25, 0.3) is 0 Å². The lowest BCUT2D eigenvalue weighted by Crippen LogP contribution is -2.15. The van der Waals surface area contributed by atoms with Crippen molar-refractivity contribution in [2.24, 2.45) is 0 Å². The summed E-state index contributed by atoms with van der Waals surface area (Å²) in [5.74, 6) is 5.52. The lowest BCUT2D eigenvalue weighted by Gasteiger charge is -2.01. The molecule has 0 atom stereocenters. The summed E-state index contributed by atoms with van der Waals surface area (Å²) in [7, 11) is 1.69. The predicted octanol–water partition coefficient (Wildman–Crippen LogP) is 0.302. The summed E-state index contributed by atoms with van der Waals surface area (Å²) in [6.07, 6.45) is 1.35. The van der Waals surface area contributed by atoms with Crippen molar-refractivity contribution in [1.29, 1.82) is 0 Å². The van der Waals surface area contributed by atoms with Crippen LogP contribution < -0.4 is 0 Å². The van der Waals surface area contributed by atoms with Gasteiger partial charge in [-0.25, -0.2) is 0 Å². The fourth-order valence-corrected chi connectivity index (χ4v) is 0.306. The van der Waals surface area contributed by atoms with E-state index in [9.17, 15) is 4.79 Å². The average Bonchev–Trinajstić information content (AvgIpc) is 1.89. The fraction of sp³-hybridized carbons (Fsp3) is 0.429. The quantitative estimate of drug-likeness (QED) is 0.383. The third-order valence-corrected chi connectivity index (χ3v) is 0.758. The van der Waals surface area contributed by atoms with Crippen LogP contribution in [0.5, 0.6) is 0 Å². The number of hydrogen-bond acceptors (Lipinski definition) is 1. The molecule has 0 saturated carbocycles. The van der Waals surface area contributed by atoms with Gasteiger partial charge in [0.2, 0.25) is 6.41 Å². The van der Waals surface area contributed by atoms with E-state index in [4.69, 9.17) is 0 Å². The zero-order valence-corrected chi connectivity index (χ0v) is 5.55. The minimum Gasteiger partial charge on any atom is -0.337 e. The maximum Gasteiger partial charge on any atom is 0.210 e. The second-order valence-electron chi connectivity index (χ2n) is 1.62. The average molecular weight is 124 g/mol. The molecule has 0 aliphatic carbocycles. The van der Waals surface area contributed by atoms with Crippen molar-refractivity contribution in [2.45, 2.75) is 6.42 Å². The molecular formula is C7H10NO. The molecule has 0 heterocycles. The first-order valence-corrected chi connectivity index (χ1v) is 2.71. The summed E-state index contributed by atoms with van der Waals surface area (Å²) in [4.78, 5) is 11.4. The molecular weight excluding hydrogens is 114 g/mol. The van der Waals surface area contributed by atoms with Crippen molar-refractivity contribution >= 4 is 6.41 Å². The van der Waals surface area contributed by atoms with Crippen LogP contribution in [-0.2, 0) is 4.79 Å². The molecule has 2 nitrogen and oxygen atoms in total. The van der Waals surface area contributed by atoms with E-state index in [1.54, 1.807) is 7.05 Å². The van der Waals surface area contributed by atoms with Gasteiger partial charge in [0.15, 0.2) is 0 Å². The maximum atomic E-state index is 9.94. The summed E-state index contributed by atoms with van der Waals surface area (Å²) < 4.78 is 0. The first-order valence-electron chi connectivity index (χ1n) is 2.71. The van der Waals surface area contributed by atoms with Gasteiger partial charge < -0.3 is 4.90 Å². The number of amides is 1. The van der Waals surface area contributed by atoms with Gasteiger partial charge in [-0.15, -0.1) is 5.92 Å². The second-order valence-corrected chi connectivity index (χ2v) is 1.62. The SMILES string of the molecule is [CH2]CC#CCN(C)C=O. The largest absolute Gasteiger partial charge is 0.337 e. The number of carbonyl (C=O) groups is 1. The molecule has 2 heteroatoms. The van der Waals surface area contributed by atoms with Crippen LogP contribution in [0.4, 0.5) is 0 Å². The molecule has 0 rings (SSSR count). The van der Waals surface area contributed by atoms with Crippen LogP contribution >= 0.6 is 0 Å². The molecule has 0 saturated heterocycles. The van der Waals surface area contributed by atoms with Gasteiger partial charge in [-0.05, 0) is 6.92 Å². The van der Waals surface area contributed by atoms with Crippen molar-refractivity contribution in [3.8, 4) is 11.8 Å². The van der Waals surface area contributed by atoms with Crippen molar-refractivity contribution in [3.05, 3.63) is 6.92 Å². The maximum absolute atomic E-state index is 9.94. The van der Waals surface area contributed by atoms with Crippen LogP contribution in [0.2, 0.25) is 0 Å². The minimum absolute atomic E-state index is 0.499. The van der Waals surface area contributed by atoms with E-state index < -0.39 is 0 Å². The van der Waals surface area contributed by atoms with Gasteiger partial charge in [-0.3, -0.25) is 4.79 Å². The van der Waals surface area contributed by atoms with E-state index >= 15 is 0 Å². The predicted molar refractivity (Wildman–Crippen MR) is 36.4 cm³/mol. The Morgan fingerprint density at radius 1 is 1.67 bits per heavy atom. The Morgan fingerprint density at radius 2 is 2.33 bits per heavy atom. The smallest absolute Gasteiger partial charge is 0.210 e. The molecule has 0 N–H and O–H groups in total.